The molecule has 150 valence electrons. The molecular weight excluding hydrogens is 358 g/mol. The monoisotopic (exact) mass is 391 g/mol. The van der Waals surface area contributed by atoms with Gasteiger partial charge in [-0.25, -0.2) is 0 Å². The summed E-state index contributed by atoms with van der Waals surface area (Å²) in [6.07, 6.45) is 4.61. The Balaban J connectivity index is 1.35. The van der Waals surface area contributed by atoms with Crippen LogP contribution in [0.2, 0.25) is 0 Å². The minimum atomic E-state index is 0.288. The Morgan fingerprint density at radius 3 is 2.85 bits per heavy atom. The van der Waals surface area contributed by atoms with Gasteiger partial charge in [-0.15, -0.1) is 11.8 Å². The van der Waals surface area contributed by atoms with Gasteiger partial charge in [0.05, 0.1) is 19.8 Å². The quantitative estimate of drug-likeness (QED) is 0.344. The molecule has 3 rings (SSSR count). The maximum atomic E-state index is 5.77. The predicted molar refractivity (Wildman–Crippen MR) is 113 cm³/mol. The van der Waals surface area contributed by atoms with Crippen LogP contribution in [-0.4, -0.2) is 56.8 Å². The van der Waals surface area contributed by atoms with Crippen molar-refractivity contribution in [2.75, 3.05) is 46.1 Å². The van der Waals surface area contributed by atoms with Crippen LogP contribution in [-0.2, 0) is 9.47 Å². The first-order valence-electron chi connectivity index (χ1n) is 10.2. The van der Waals surface area contributed by atoms with Crippen molar-refractivity contribution in [2.45, 2.75) is 42.2 Å². The van der Waals surface area contributed by atoms with E-state index in [1.807, 2.05) is 11.8 Å². The molecule has 2 fully saturated rings. The maximum Gasteiger partial charge on any atom is 0.191 e. The second-order valence-electron chi connectivity index (χ2n) is 7.38. The van der Waals surface area contributed by atoms with Crippen LogP contribution in [0, 0.1) is 5.92 Å². The van der Waals surface area contributed by atoms with Gasteiger partial charge in [-0.1, -0.05) is 18.2 Å². The topological polar surface area (TPSA) is 54.9 Å². The molecule has 27 heavy (non-hydrogen) atoms. The molecule has 0 radical (unpaired) electrons. The molecule has 1 atom stereocenters. The van der Waals surface area contributed by atoms with E-state index in [-0.39, 0.29) is 4.75 Å². The summed E-state index contributed by atoms with van der Waals surface area (Å²) >= 11 is 1.97. The van der Waals surface area contributed by atoms with Crippen molar-refractivity contribution in [3.8, 4) is 0 Å². The zero-order chi connectivity index (χ0) is 18.8. The van der Waals surface area contributed by atoms with Gasteiger partial charge in [-0.05, 0) is 44.7 Å². The summed E-state index contributed by atoms with van der Waals surface area (Å²) in [5.74, 6) is 1.51. The molecule has 5 nitrogen and oxygen atoms in total. The number of benzene rings is 1. The first-order valence-corrected chi connectivity index (χ1v) is 11.0. The van der Waals surface area contributed by atoms with E-state index in [9.17, 15) is 0 Å². The van der Waals surface area contributed by atoms with Crippen LogP contribution in [0.5, 0.6) is 0 Å². The summed E-state index contributed by atoms with van der Waals surface area (Å²) in [7, 11) is 0. The molecule has 6 heteroatoms. The highest BCUT2D eigenvalue weighted by atomic mass is 32.2. The first kappa shape index (κ1) is 20.5. The SMILES string of the molecule is CCNC(=NCC1(Sc2ccccc2)CC1)NCCCOCC1CCOC1. The highest BCUT2D eigenvalue weighted by Gasteiger charge is 2.43. The lowest BCUT2D eigenvalue weighted by Crippen LogP contribution is -2.38. The Hall–Kier alpha value is -1.24. The number of thioether (sulfide) groups is 1. The zero-order valence-electron chi connectivity index (χ0n) is 16.4. The molecule has 1 aliphatic carbocycles. The summed E-state index contributed by atoms with van der Waals surface area (Å²) < 4.78 is 11.4. The van der Waals surface area contributed by atoms with Crippen LogP contribution >= 0.6 is 11.8 Å². The molecule has 1 aromatic rings. The summed E-state index contributed by atoms with van der Waals surface area (Å²) in [5.41, 5.74) is 0. The summed E-state index contributed by atoms with van der Waals surface area (Å²) in [6, 6.07) is 10.7. The Morgan fingerprint density at radius 1 is 1.30 bits per heavy atom. The molecule has 0 bridgehead atoms. The van der Waals surface area contributed by atoms with E-state index in [4.69, 9.17) is 14.5 Å². The predicted octanol–water partition coefficient (Wildman–Crippen LogP) is 3.31. The van der Waals surface area contributed by atoms with Gasteiger partial charge in [-0.2, -0.15) is 0 Å². The van der Waals surface area contributed by atoms with Crippen LogP contribution in [0.15, 0.2) is 40.2 Å². The molecule has 1 aliphatic heterocycles. The average molecular weight is 392 g/mol. The number of rotatable bonds is 11. The van der Waals surface area contributed by atoms with Crippen molar-refractivity contribution in [3.63, 3.8) is 0 Å². The highest BCUT2D eigenvalue weighted by Crippen LogP contribution is 2.51. The number of nitrogens with zero attached hydrogens (tertiary/aromatic N) is 1. The third kappa shape index (κ3) is 7.35. The van der Waals surface area contributed by atoms with E-state index in [2.05, 4.69) is 47.9 Å². The fourth-order valence-corrected chi connectivity index (χ4v) is 4.31. The van der Waals surface area contributed by atoms with E-state index in [1.54, 1.807) is 0 Å². The van der Waals surface area contributed by atoms with Gasteiger partial charge in [0.15, 0.2) is 5.96 Å². The summed E-state index contributed by atoms with van der Waals surface area (Å²) in [4.78, 5) is 6.18. The molecule has 2 N–H and O–H groups in total. The van der Waals surface area contributed by atoms with Crippen molar-refractivity contribution in [1.82, 2.24) is 10.6 Å². The molecule has 0 amide bonds. The van der Waals surface area contributed by atoms with Gasteiger partial charge in [0, 0.05) is 41.9 Å². The molecule has 1 aromatic carbocycles. The fraction of sp³-hybridized carbons (Fsp3) is 0.667. The van der Waals surface area contributed by atoms with E-state index in [0.29, 0.717) is 5.92 Å². The van der Waals surface area contributed by atoms with E-state index in [0.717, 1.165) is 64.9 Å². The van der Waals surface area contributed by atoms with Crippen molar-refractivity contribution >= 4 is 17.7 Å². The number of aliphatic imine (C=N–C) groups is 1. The minimum Gasteiger partial charge on any atom is -0.381 e. The van der Waals surface area contributed by atoms with E-state index >= 15 is 0 Å². The van der Waals surface area contributed by atoms with Gasteiger partial charge in [-0.3, -0.25) is 4.99 Å². The number of hydrogen-bond donors (Lipinski definition) is 2. The van der Waals surface area contributed by atoms with Crippen LogP contribution in [0.3, 0.4) is 0 Å². The normalized spacial score (nSPS) is 21.2. The van der Waals surface area contributed by atoms with E-state index < -0.39 is 0 Å². The number of ether oxygens (including phenoxy) is 2. The molecule has 1 saturated heterocycles. The Labute approximate surface area is 167 Å². The number of hydrogen-bond acceptors (Lipinski definition) is 4. The molecule has 1 unspecified atom stereocenters. The third-order valence-corrected chi connectivity index (χ3v) is 6.37. The standard InChI is InChI=1S/C21H33N3O2S/c1-2-22-20(23-12-6-13-25-15-18-9-14-26-16-18)24-17-21(10-11-21)27-19-7-4-3-5-8-19/h3-5,7-8,18H,2,6,9-17H2,1H3,(H2,22,23,24). The smallest absolute Gasteiger partial charge is 0.191 e. The van der Waals surface area contributed by atoms with Crippen LogP contribution in [0.4, 0.5) is 0 Å². The lowest BCUT2D eigenvalue weighted by Gasteiger charge is -2.15. The zero-order valence-corrected chi connectivity index (χ0v) is 17.2. The molecule has 0 aromatic heterocycles. The average Bonchev–Trinajstić information content (AvgIpc) is 3.24. The second-order valence-corrected chi connectivity index (χ2v) is 8.92. The minimum absolute atomic E-state index is 0.288. The lowest BCUT2D eigenvalue weighted by molar-refractivity contribution is 0.0888. The maximum absolute atomic E-state index is 5.77. The molecule has 2 aliphatic rings. The van der Waals surface area contributed by atoms with Gasteiger partial charge in [0.25, 0.3) is 0 Å². The molecule has 1 saturated carbocycles. The van der Waals surface area contributed by atoms with Gasteiger partial charge >= 0.3 is 0 Å². The van der Waals surface area contributed by atoms with Crippen molar-refractivity contribution in [3.05, 3.63) is 30.3 Å². The summed E-state index contributed by atoms with van der Waals surface area (Å²) in [6.45, 7) is 8.09. The Bertz CT molecular complexity index is 572. The van der Waals surface area contributed by atoms with Gasteiger partial charge < -0.3 is 20.1 Å². The summed E-state index contributed by atoms with van der Waals surface area (Å²) in [5, 5.41) is 6.79. The third-order valence-electron chi connectivity index (χ3n) is 4.89. The molecule has 1 heterocycles. The lowest BCUT2D eigenvalue weighted by atomic mass is 10.1. The Morgan fingerprint density at radius 2 is 2.15 bits per heavy atom. The van der Waals surface area contributed by atoms with Crippen LogP contribution in [0.25, 0.3) is 0 Å². The Kier molecular flexibility index (Phi) is 8.30. The second kappa shape index (κ2) is 10.9. The van der Waals surface area contributed by atoms with Crippen molar-refractivity contribution in [1.29, 1.82) is 0 Å². The van der Waals surface area contributed by atoms with Crippen LogP contribution in [0.1, 0.15) is 32.6 Å². The fourth-order valence-electron chi connectivity index (χ4n) is 3.08. The first-order chi connectivity index (χ1) is 13.3. The molecule has 0 spiro atoms. The largest absolute Gasteiger partial charge is 0.381 e. The van der Waals surface area contributed by atoms with E-state index in [1.165, 1.54) is 17.7 Å². The highest BCUT2D eigenvalue weighted by molar-refractivity contribution is 8.01. The molecular formula is C21H33N3O2S. The number of nitrogens with one attached hydrogen (secondary N) is 2. The van der Waals surface area contributed by atoms with Crippen molar-refractivity contribution < 1.29 is 9.47 Å². The van der Waals surface area contributed by atoms with Crippen molar-refractivity contribution in [2.24, 2.45) is 10.9 Å². The number of guanidine groups is 1. The van der Waals surface area contributed by atoms with Gasteiger partial charge in [0.2, 0.25) is 0 Å². The van der Waals surface area contributed by atoms with Crippen LogP contribution < -0.4 is 10.6 Å². The van der Waals surface area contributed by atoms with Gasteiger partial charge in [0.1, 0.15) is 0 Å².